The Morgan fingerprint density at radius 1 is 1.28 bits per heavy atom. The maximum absolute atomic E-state index is 13.8. The molecular weight excluding hydrogens is 375 g/mol. The Labute approximate surface area is 166 Å². The van der Waals surface area contributed by atoms with E-state index in [2.05, 4.69) is 20.4 Å². The quantitative estimate of drug-likeness (QED) is 0.722. The predicted molar refractivity (Wildman–Crippen MR) is 101 cm³/mol. The summed E-state index contributed by atoms with van der Waals surface area (Å²) in [7, 11) is 1.77. The molecule has 2 aromatic heterocycles. The van der Waals surface area contributed by atoms with E-state index in [1.807, 2.05) is 0 Å². The molecule has 4 rings (SSSR count). The van der Waals surface area contributed by atoms with Gasteiger partial charge in [0.1, 0.15) is 11.5 Å². The lowest BCUT2D eigenvalue weighted by molar-refractivity contribution is -0.123. The molecule has 9 heteroatoms. The van der Waals surface area contributed by atoms with E-state index in [1.165, 1.54) is 24.7 Å². The van der Waals surface area contributed by atoms with Crippen molar-refractivity contribution in [2.24, 2.45) is 7.05 Å². The lowest BCUT2D eigenvalue weighted by Gasteiger charge is -2.31. The number of aromatic nitrogens is 4. The Bertz CT molecular complexity index is 1050. The Kier molecular flexibility index (Phi) is 5.03. The van der Waals surface area contributed by atoms with Gasteiger partial charge in [0.2, 0.25) is 5.91 Å². The predicted octanol–water partition coefficient (Wildman–Crippen LogP) is 1.41. The van der Waals surface area contributed by atoms with Gasteiger partial charge in [-0.05, 0) is 6.07 Å². The summed E-state index contributed by atoms with van der Waals surface area (Å²) in [5.41, 5.74) is 2.03. The van der Waals surface area contributed by atoms with E-state index in [-0.39, 0.29) is 36.4 Å². The molecule has 8 nitrogen and oxygen atoms in total. The van der Waals surface area contributed by atoms with E-state index >= 15 is 0 Å². The van der Waals surface area contributed by atoms with Gasteiger partial charge < -0.3 is 10.2 Å². The fourth-order valence-corrected chi connectivity index (χ4v) is 3.43. The zero-order chi connectivity index (χ0) is 20.4. The Balaban J connectivity index is 1.55. The highest BCUT2D eigenvalue weighted by Crippen LogP contribution is 2.28. The third-order valence-electron chi connectivity index (χ3n) is 4.83. The van der Waals surface area contributed by atoms with Crippen LogP contribution in [0.1, 0.15) is 33.2 Å². The fourth-order valence-electron chi connectivity index (χ4n) is 3.43. The van der Waals surface area contributed by atoms with Crippen LogP contribution in [0.4, 0.5) is 4.39 Å². The van der Waals surface area contributed by atoms with Crippen LogP contribution in [-0.2, 0) is 24.9 Å². The minimum atomic E-state index is -0.660. The van der Waals surface area contributed by atoms with E-state index in [1.54, 1.807) is 41.0 Å². The van der Waals surface area contributed by atoms with Crippen molar-refractivity contribution >= 4 is 11.8 Å². The number of fused-ring (bicyclic) bond motifs is 1. The molecule has 0 saturated carbocycles. The van der Waals surface area contributed by atoms with E-state index in [4.69, 9.17) is 0 Å². The molecular formula is C20H19FN6O2. The maximum Gasteiger partial charge on any atom is 0.274 e. The molecule has 2 amide bonds. The number of benzene rings is 1. The van der Waals surface area contributed by atoms with Gasteiger partial charge in [0, 0.05) is 56.4 Å². The first-order chi connectivity index (χ1) is 14.0. The molecule has 0 aliphatic carbocycles. The average Bonchev–Trinajstić information content (AvgIpc) is 3.12. The molecule has 0 spiro atoms. The number of hydrogen-bond donors (Lipinski definition) is 1. The fraction of sp³-hybridized carbons (Fsp3) is 0.250. The first-order valence-electron chi connectivity index (χ1n) is 9.11. The Morgan fingerprint density at radius 3 is 2.86 bits per heavy atom. The highest BCUT2D eigenvalue weighted by atomic mass is 19.1. The Hall–Kier alpha value is -3.62. The second-order valence-corrected chi connectivity index (χ2v) is 6.85. The van der Waals surface area contributed by atoms with Gasteiger partial charge in [-0.15, -0.1) is 0 Å². The summed E-state index contributed by atoms with van der Waals surface area (Å²) in [6.45, 7) is 0.542. The van der Waals surface area contributed by atoms with Crippen molar-refractivity contribution < 1.29 is 14.0 Å². The van der Waals surface area contributed by atoms with Gasteiger partial charge >= 0.3 is 0 Å². The van der Waals surface area contributed by atoms with Gasteiger partial charge in [-0.2, -0.15) is 5.10 Å². The number of carbonyl (C=O) groups is 2. The van der Waals surface area contributed by atoms with Crippen LogP contribution in [0.5, 0.6) is 0 Å². The SMILES string of the molecule is Cn1cc2c(n1)[C@@H](C(=O)NCc1ccccc1F)CN(C(=O)c1cnccn1)C2. The van der Waals surface area contributed by atoms with Gasteiger partial charge in [-0.25, -0.2) is 9.37 Å². The van der Waals surface area contributed by atoms with Crippen LogP contribution in [0, 0.1) is 5.82 Å². The molecule has 0 unspecified atom stereocenters. The normalized spacial score (nSPS) is 15.7. The van der Waals surface area contributed by atoms with Gasteiger partial charge in [-0.1, -0.05) is 18.2 Å². The van der Waals surface area contributed by atoms with E-state index in [9.17, 15) is 14.0 Å². The van der Waals surface area contributed by atoms with Crippen LogP contribution in [0.3, 0.4) is 0 Å². The molecule has 3 aromatic rings. The van der Waals surface area contributed by atoms with E-state index in [0.29, 0.717) is 17.8 Å². The molecule has 0 bridgehead atoms. The molecule has 1 aliphatic rings. The summed E-state index contributed by atoms with van der Waals surface area (Å²) in [4.78, 5) is 35.3. The number of rotatable bonds is 4. The van der Waals surface area contributed by atoms with Crippen LogP contribution in [0.2, 0.25) is 0 Å². The Morgan fingerprint density at radius 2 is 2.10 bits per heavy atom. The number of carbonyl (C=O) groups excluding carboxylic acids is 2. The second-order valence-electron chi connectivity index (χ2n) is 6.85. The lowest BCUT2D eigenvalue weighted by atomic mass is 9.95. The van der Waals surface area contributed by atoms with Gasteiger partial charge in [-0.3, -0.25) is 19.3 Å². The number of nitrogens with zero attached hydrogens (tertiary/aromatic N) is 5. The number of amides is 2. The molecule has 1 N–H and O–H groups in total. The standard InChI is InChI=1S/C20H19FN6O2/c1-26-10-14-11-27(20(29)17-9-22-6-7-23-17)12-15(18(14)25-26)19(28)24-8-13-4-2-3-5-16(13)21/h2-7,9-10,15H,8,11-12H2,1H3,(H,24,28)/t15-/m0/s1. The molecule has 29 heavy (non-hydrogen) atoms. The molecule has 3 heterocycles. The summed E-state index contributed by atoms with van der Waals surface area (Å²) >= 11 is 0. The number of hydrogen-bond acceptors (Lipinski definition) is 5. The minimum Gasteiger partial charge on any atom is -0.351 e. The molecule has 1 aromatic carbocycles. The van der Waals surface area contributed by atoms with Crippen molar-refractivity contribution in [3.8, 4) is 0 Å². The van der Waals surface area contributed by atoms with Crippen LogP contribution in [0.25, 0.3) is 0 Å². The van der Waals surface area contributed by atoms with E-state index in [0.717, 1.165) is 5.56 Å². The van der Waals surface area contributed by atoms with Crippen molar-refractivity contribution in [3.05, 3.63) is 77.4 Å². The van der Waals surface area contributed by atoms with Crippen LogP contribution < -0.4 is 5.32 Å². The average molecular weight is 394 g/mol. The molecule has 1 atom stereocenters. The smallest absolute Gasteiger partial charge is 0.274 e. The number of halogens is 1. The summed E-state index contributed by atoms with van der Waals surface area (Å²) < 4.78 is 15.5. The molecule has 0 radical (unpaired) electrons. The maximum atomic E-state index is 13.8. The zero-order valence-electron chi connectivity index (χ0n) is 15.7. The van der Waals surface area contributed by atoms with Crippen molar-refractivity contribution in [2.75, 3.05) is 6.54 Å². The van der Waals surface area contributed by atoms with Gasteiger partial charge in [0.15, 0.2) is 0 Å². The van der Waals surface area contributed by atoms with Crippen molar-refractivity contribution in [1.29, 1.82) is 0 Å². The first-order valence-corrected chi connectivity index (χ1v) is 9.11. The van der Waals surface area contributed by atoms with Crippen molar-refractivity contribution in [1.82, 2.24) is 30.0 Å². The first kappa shape index (κ1) is 18.7. The third-order valence-corrected chi connectivity index (χ3v) is 4.83. The second kappa shape index (κ2) is 7.78. The minimum absolute atomic E-state index is 0.0578. The summed E-state index contributed by atoms with van der Waals surface area (Å²) in [6.07, 6.45) is 6.13. The third kappa shape index (κ3) is 3.84. The van der Waals surface area contributed by atoms with Crippen LogP contribution in [-0.4, -0.2) is 43.0 Å². The zero-order valence-corrected chi connectivity index (χ0v) is 15.7. The number of nitrogens with one attached hydrogen (secondary N) is 1. The topological polar surface area (TPSA) is 93.0 Å². The molecule has 148 valence electrons. The lowest BCUT2D eigenvalue weighted by Crippen LogP contribution is -2.43. The highest BCUT2D eigenvalue weighted by molar-refractivity contribution is 5.93. The van der Waals surface area contributed by atoms with Crippen LogP contribution >= 0.6 is 0 Å². The van der Waals surface area contributed by atoms with Gasteiger partial charge in [0.05, 0.1) is 17.8 Å². The van der Waals surface area contributed by atoms with Crippen molar-refractivity contribution in [2.45, 2.75) is 19.0 Å². The molecule has 0 fully saturated rings. The van der Waals surface area contributed by atoms with E-state index < -0.39 is 5.92 Å². The summed E-state index contributed by atoms with van der Waals surface area (Å²) in [6, 6.07) is 6.27. The van der Waals surface area contributed by atoms with Crippen molar-refractivity contribution in [3.63, 3.8) is 0 Å². The largest absolute Gasteiger partial charge is 0.351 e. The highest BCUT2D eigenvalue weighted by Gasteiger charge is 2.35. The summed E-state index contributed by atoms with van der Waals surface area (Å²) in [5.74, 6) is -1.66. The van der Waals surface area contributed by atoms with Crippen LogP contribution in [0.15, 0.2) is 49.1 Å². The monoisotopic (exact) mass is 394 g/mol. The molecule has 1 aliphatic heterocycles. The number of aryl methyl sites for hydroxylation is 1. The van der Waals surface area contributed by atoms with Gasteiger partial charge in [0.25, 0.3) is 5.91 Å². The summed E-state index contributed by atoms with van der Waals surface area (Å²) in [5, 5.41) is 7.17. The molecule has 0 saturated heterocycles.